The van der Waals surface area contributed by atoms with Crippen molar-refractivity contribution in [2.24, 2.45) is 5.92 Å². The Morgan fingerprint density at radius 3 is 2.50 bits per heavy atom. The van der Waals surface area contributed by atoms with Crippen molar-refractivity contribution in [2.75, 3.05) is 7.11 Å². The zero-order valence-electron chi connectivity index (χ0n) is 4.79. The molecule has 1 nitrogen and oxygen atoms in total. The van der Waals surface area contributed by atoms with Crippen molar-refractivity contribution in [1.29, 1.82) is 0 Å². The molecule has 0 N–H and O–H groups in total. The Morgan fingerprint density at radius 2 is 2.00 bits per heavy atom. The van der Waals surface area contributed by atoms with Crippen LogP contribution < -0.4 is 0 Å². The van der Waals surface area contributed by atoms with Gasteiger partial charge >= 0.3 is 0 Å². The maximum Gasteiger partial charge on any atom is 0.208 e. The lowest BCUT2D eigenvalue weighted by Crippen LogP contribution is -1.89. The highest BCUT2D eigenvalue weighted by atomic mass is 16.4. The van der Waals surface area contributed by atoms with E-state index < -0.39 is 0 Å². The second kappa shape index (κ2) is 2.46. The van der Waals surface area contributed by atoms with Gasteiger partial charge in [-0.3, -0.25) is 0 Å². The molecule has 0 bridgehead atoms. The van der Waals surface area contributed by atoms with E-state index in [0.29, 0.717) is 0 Å². The summed E-state index contributed by atoms with van der Waals surface area (Å²) >= 11 is 0. The van der Waals surface area contributed by atoms with Gasteiger partial charge in [-0.1, -0.05) is 30.2 Å². The van der Waals surface area contributed by atoms with E-state index in [1.54, 1.807) is 7.11 Å². The van der Waals surface area contributed by atoms with E-state index in [2.05, 4.69) is 10.7 Å². The van der Waals surface area contributed by atoms with E-state index in [1.165, 1.54) is 0 Å². The van der Waals surface area contributed by atoms with Gasteiger partial charge in [0.2, 0.25) is 7.11 Å². The summed E-state index contributed by atoms with van der Waals surface area (Å²) < 4.78 is 4.67. The van der Waals surface area contributed by atoms with Gasteiger partial charge in [-0.2, -0.15) is 0 Å². The first-order valence-electron chi connectivity index (χ1n) is 2.57. The minimum atomic E-state index is 0.278. The molecule has 0 aliphatic heterocycles. The van der Waals surface area contributed by atoms with Gasteiger partial charge in [0.1, 0.15) is 0 Å². The summed E-state index contributed by atoms with van der Waals surface area (Å²) in [6.07, 6.45) is 10.8. The van der Waals surface area contributed by atoms with Crippen molar-refractivity contribution < 1.29 is 4.42 Å². The van der Waals surface area contributed by atoms with Crippen LogP contribution in [0.15, 0.2) is 24.3 Å². The van der Waals surface area contributed by atoms with Gasteiger partial charge in [0.15, 0.2) is 0 Å². The highest BCUT2D eigenvalue weighted by Gasteiger charge is 1.91. The van der Waals surface area contributed by atoms with E-state index in [0.717, 1.165) is 0 Å². The molecule has 0 aromatic rings. The van der Waals surface area contributed by atoms with Crippen LogP contribution in [0.5, 0.6) is 0 Å². The fourth-order valence-electron chi connectivity index (χ4n) is 0.647. The summed E-state index contributed by atoms with van der Waals surface area (Å²) in [7, 11) is 1.61. The second-order valence-corrected chi connectivity index (χ2v) is 1.62. The molecule has 1 heteroatoms. The molecule has 0 atom stereocenters. The first-order chi connectivity index (χ1) is 3.93. The molecule has 0 saturated heterocycles. The number of carbonyl (C=O) groups excluding carboxylic acids is 1. The van der Waals surface area contributed by atoms with Gasteiger partial charge in [-0.15, -0.1) is 0 Å². The van der Waals surface area contributed by atoms with Gasteiger partial charge in [0, 0.05) is 0 Å². The largest absolute Gasteiger partial charge is 0.458 e. The average Bonchev–Trinajstić information content (AvgIpc) is 2.19. The molecule has 0 unspecified atom stereocenters. The average molecular weight is 108 g/mol. The first kappa shape index (κ1) is 5.29. The van der Waals surface area contributed by atoms with Crippen molar-refractivity contribution in [3.05, 3.63) is 24.3 Å². The smallest absolute Gasteiger partial charge is 0.208 e. The number of hydrogen-bond acceptors (Lipinski definition) is 0. The molecule has 0 radical (unpaired) electrons. The Balaban J connectivity index is 2.49. The predicted molar refractivity (Wildman–Crippen MR) is 33.4 cm³/mol. The molecule has 0 heterocycles. The van der Waals surface area contributed by atoms with E-state index in [1.807, 2.05) is 24.3 Å². The van der Waals surface area contributed by atoms with Crippen molar-refractivity contribution in [1.82, 2.24) is 0 Å². The van der Waals surface area contributed by atoms with Gasteiger partial charge in [-0.05, 0) is 6.29 Å². The normalized spacial score (nSPS) is 19.1. The Kier molecular flexibility index (Phi) is 1.62. The summed E-state index contributed by atoms with van der Waals surface area (Å²) in [6.45, 7) is 0. The molecule has 0 saturated carbocycles. The molecule has 42 valence electrons. The minimum absolute atomic E-state index is 0.278. The third-order valence-corrected chi connectivity index (χ3v) is 1.00. The van der Waals surface area contributed by atoms with Crippen LogP contribution in [0.3, 0.4) is 0 Å². The summed E-state index contributed by atoms with van der Waals surface area (Å²) in [5.41, 5.74) is 0. The molecule has 0 fully saturated rings. The van der Waals surface area contributed by atoms with E-state index in [9.17, 15) is 0 Å². The zero-order chi connectivity index (χ0) is 5.82. The van der Waals surface area contributed by atoms with Crippen molar-refractivity contribution in [2.45, 2.75) is 0 Å². The van der Waals surface area contributed by atoms with Gasteiger partial charge in [0.25, 0.3) is 0 Å². The lowest BCUT2D eigenvalue weighted by Gasteiger charge is -1.94. The third kappa shape index (κ3) is 1.06. The van der Waals surface area contributed by atoms with Crippen LogP contribution in [-0.2, 0) is 4.42 Å². The van der Waals surface area contributed by atoms with Gasteiger partial charge in [-0.25, -0.2) is 0 Å². The maximum atomic E-state index is 4.67. The fraction of sp³-hybridized carbons (Fsp3) is 0.286. The molecule has 1 rings (SSSR count). The number of hydrogen-bond donors (Lipinski definition) is 0. The third-order valence-electron chi connectivity index (χ3n) is 1.00. The van der Waals surface area contributed by atoms with Crippen LogP contribution in [-0.4, -0.2) is 13.4 Å². The van der Waals surface area contributed by atoms with Crippen LogP contribution in [0.4, 0.5) is 0 Å². The molecule has 1 aliphatic carbocycles. The lowest BCUT2D eigenvalue weighted by molar-refractivity contribution is 0.180. The van der Waals surface area contributed by atoms with E-state index >= 15 is 0 Å². The van der Waals surface area contributed by atoms with Crippen molar-refractivity contribution >= 4 is 6.29 Å². The first-order valence-corrected chi connectivity index (χ1v) is 2.57. The summed E-state index contributed by atoms with van der Waals surface area (Å²) in [5.74, 6) is 0.278. The van der Waals surface area contributed by atoms with Crippen molar-refractivity contribution in [3.63, 3.8) is 0 Å². The molecular formula is C7H8O. The molecule has 8 heavy (non-hydrogen) atoms. The Bertz CT molecular complexity index is 130. The molecule has 1 aliphatic rings. The van der Waals surface area contributed by atoms with Crippen LogP contribution >= 0.6 is 0 Å². The second-order valence-electron chi connectivity index (χ2n) is 1.62. The summed E-state index contributed by atoms with van der Waals surface area (Å²) in [4.78, 5) is 0. The Morgan fingerprint density at radius 1 is 1.38 bits per heavy atom. The summed E-state index contributed by atoms with van der Waals surface area (Å²) in [6, 6.07) is 0. The topological polar surface area (TPSA) is 11.3 Å². The van der Waals surface area contributed by atoms with Crippen LogP contribution in [0.2, 0.25) is 0 Å². The molecule has 0 aromatic carbocycles. The monoisotopic (exact) mass is 108 g/mol. The van der Waals surface area contributed by atoms with Crippen molar-refractivity contribution in [3.8, 4) is 0 Å². The van der Waals surface area contributed by atoms with Crippen LogP contribution in [0.1, 0.15) is 0 Å². The van der Waals surface area contributed by atoms with Gasteiger partial charge < -0.3 is 4.42 Å². The number of allylic oxidation sites excluding steroid dienone is 4. The highest BCUT2D eigenvalue weighted by molar-refractivity contribution is 5.62. The molecule has 0 spiro atoms. The lowest BCUT2D eigenvalue weighted by atomic mass is 10.2. The Labute approximate surface area is 49.0 Å². The molecular weight excluding hydrogens is 100 g/mol. The maximum absolute atomic E-state index is 4.67. The summed E-state index contributed by atoms with van der Waals surface area (Å²) in [5, 5.41) is 0. The zero-order valence-corrected chi connectivity index (χ0v) is 4.79. The standard InChI is InChI=1S/C7H8O/c1-8-6-7-4-2-3-5-7/h2-5,7H,1H3. The fourth-order valence-corrected chi connectivity index (χ4v) is 0.647. The van der Waals surface area contributed by atoms with Gasteiger partial charge in [0.05, 0.1) is 0 Å². The quantitative estimate of drug-likeness (QED) is 0.351. The number of rotatable bonds is 1. The highest BCUT2D eigenvalue weighted by Crippen LogP contribution is 2.03. The molecule has 0 aromatic heterocycles. The molecule has 0 amide bonds. The predicted octanol–water partition coefficient (Wildman–Crippen LogP) is 1.00. The minimum Gasteiger partial charge on any atom is -0.458 e. The van der Waals surface area contributed by atoms with E-state index in [4.69, 9.17) is 0 Å². The SMILES string of the molecule is C[O+]=[C-]C1C=CC=C1. The van der Waals surface area contributed by atoms with Crippen LogP contribution in [0, 0.1) is 5.92 Å². The van der Waals surface area contributed by atoms with E-state index in [-0.39, 0.29) is 5.92 Å². The van der Waals surface area contributed by atoms with Crippen LogP contribution in [0.25, 0.3) is 0 Å². The Hall–Kier alpha value is -0.850.